The Morgan fingerprint density at radius 2 is 2.00 bits per heavy atom. The molecule has 0 saturated carbocycles. The molecule has 2 aromatic rings. The molecule has 1 aromatic carbocycles. The number of pyridine rings is 1. The van der Waals surface area contributed by atoms with Gasteiger partial charge < -0.3 is 10.4 Å². The lowest BCUT2D eigenvalue weighted by molar-refractivity contribution is -0.142. The van der Waals surface area contributed by atoms with Crippen molar-refractivity contribution >= 4 is 22.8 Å². The molecule has 0 fully saturated rings. The summed E-state index contributed by atoms with van der Waals surface area (Å²) < 4.78 is 0. The summed E-state index contributed by atoms with van der Waals surface area (Å²) in [7, 11) is 0. The smallest absolute Gasteiger partial charge is 0.326 e. The first kappa shape index (κ1) is 15.9. The zero-order chi connectivity index (χ0) is 16.1. The molecule has 0 aliphatic heterocycles. The molecule has 5 heteroatoms. The second kappa shape index (κ2) is 7.02. The summed E-state index contributed by atoms with van der Waals surface area (Å²) in [5.74, 6) is -1.10. The standard InChI is InChI=1S/C17H20N2O3/c1-11(2)7-15(17(21)22)19-16(20)9-12-8-13-5-3-4-6-14(13)18-10-12/h3-6,8,10-11,15H,7,9H2,1-2H3,(H,19,20)(H,21,22). The number of amides is 1. The Morgan fingerprint density at radius 1 is 1.27 bits per heavy atom. The highest BCUT2D eigenvalue weighted by Gasteiger charge is 2.21. The molecule has 0 bridgehead atoms. The molecule has 2 N–H and O–H groups in total. The first-order valence-corrected chi connectivity index (χ1v) is 7.31. The highest BCUT2D eigenvalue weighted by atomic mass is 16.4. The monoisotopic (exact) mass is 300 g/mol. The number of aliphatic carboxylic acids is 1. The number of nitrogens with zero attached hydrogens (tertiary/aromatic N) is 1. The molecule has 2 rings (SSSR count). The third-order valence-corrected chi connectivity index (χ3v) is 3.35. The number of hydrogen-bond acceptors (Lipinski definition) is 3. The molecule has 22 heavy (non-hydrogen) atoms. The fourth-order valence-electron chi connectivity index (χ4n) is 2.34. The van der Waals surface area contributed by atoms with Crippen LogP contribution < -0.4 is 5.32 Å². The second-order valence-electron chi connectivity index (χ2n) is 5.80. The number of carbonyl (C=O) groups is 2. The van der Waals surface area contributed by atoms with Gasteiger partial charge in [-0.25, -0.2) is 4.79 Å². The van der Waals surface area contributed by atoms with Crippen LogP contribution in [0.1, 0.15) is 25.8 Å². The number of nitrogens with one attached hydrogen (secondary N) is 1. The predicted molar refractivity (Wildman–Crippen MR) is 84.5 cm³/mol. The van der Waals surface area contributed by atoms with Crippen LogP contribution in [0.25, 0.3) is 10.9 Å². The van der Waals surface area contributed by atoms with Gasteiger partial charge in [-0.1, -0.05) is 32.0 Å². The molecule has 1 aromatic heterocycles. The Bertz CT molecular complexity index is 682. The fourth-order valence-corrected chi connectivity index (χ4v) is 2.34. The molecule has 0 saturated heterocycles. The largest absolute Gasteiger partial charge is 0.480 e. The molecular formula is C17H20N2O3. The van der Waals surface area contributed by atoms with Crippen molar-refractivity contribution in [3.63, 3.8) is 0 Å². The Labute approximate surface area is 129 Å². The average Bonchev–Trinajstić information content (AvgIpc) is 2.45. The van der Waals surface area contributed by atoms with Gasteiger partial charge >= 0.3 is 5.97 Å². The maximum Gasteiger partial charge on any atom is 0.326 e. The van der Waals surface area contributed by atoms with Crippen LogP contribution in [0, 0.1) is 5.92 Å². The Hall–Kier alpha value is -2.43. The molecule has 1 amide bonds. The van der Waals surface area contributed by atoms with Crippen LogP contribution in [-0.2, 0) is 16.0 Å². The minimum absolute atomic E-state index is 0.125. The van der Waals surface area contributed by atoms with Crippen LogP contribution in [0.5, 0.6) is 0 Å². The third kappa shape index (κ3) is 4.28. The number of carboxylic acid groups (broad SMARTS) is 1. The summed E-state index contributed by atoms with van der Waals surface area (Å²) in [5, 5.41) is 12.7. The van der Waals surface area contributed by atoms with Crippen LogP contribution in [0.3, 0.4) is 0 Å². The van der Waals surface area contributed by atoms with Crippen molar-refractivity contribution in [1.82, 2.24) is 10.3 Å². The van der Waals surface area contributed by atoms with Crippen LogP contribution >= 0.6 is 0 Å². The summed E-state index contributed by atoms with van der Waals surface area (Å²) in [6.45, 7) is 3.85. The molecule has 1 atom stereocenters. The number of carboxylic acids is 1. The minimum atomic E-state index is -1.00. The number of carbonyl (C=O) groups excluding carboxylic acids is 1. The van der Waals surface area contributed by atoms with Crippen LogP contribution in [-0.4, -0.2) is 28.0 Å². The summed E-state index contributed by atoms with van der Waals surface area (Å²) in [6.07, 6.45) is 2.19. The van der Waals surface area contributed by atoms with E-state index in [1.54, 1.807) is 6.20 Å². The molecule has 116 valence electrons. The molecule has 1 unspecified atom stereocenters. The summed E-state index contributed by atoms with van der Waals surface area (Å²) >= 11 is 0. The van der Waals surface area contributed by atoms with E-state index >= 15 is 0 Å². The van der Waals surface area contributed by atoms with E-state index in [0.29, 0.717) is 6.42 Å². The van der Waals surface area contributed by atoms with E-state index in [9.17, 15) is 9.59 Å². The van der Waals surface area contributed by atoms with Gasteiger partial charge in [0.2, 0.25) is 5.91 Å². The van der Waals surface area contributed by atoms with Crippen molar-refractivity contribution in [2.45, 2.75) is 32.7 Å². The maximum atomic E-state index is 12.0. The SMILES string of the molecule is CC(C)CC(NC(=O)Cc1cnc2ccccc2c1)C(=O)O. The Morgan fingerprint density at radius 3 is 2.68 bits per heavy atom. The molecular weight excluding hydrogens is 280 g/mol. The molecule has 1 heterocycles. The van der Waals surface area contributed by atoms with E-state index in [-0.39, 0.29) is 18.2 Å². The quantitative estimate of drug-likeness (QED) is 0.858. The van der Waals surface area contributed by atoms with E-state index in [1.165, 1.54) is 0 Å². The molecule has 0 spiro atoms. The van der Waals surface area contributed by atoms with Gasteiger partial charge in [0.1, 0.15) is 6.04 Å². The topological polar surface area (TPSA) is 79.3 Å². The predicted octanol–water partition coefficient (Wildman–Crippen LogP) is 2.39. The van der Waals surface area contributed by atoms with E-state index < -0.39 is 12.0 Å². The Balaban J connectivity index is 2.04. The van der Waals surface area contributed by atoms with Gasteiger partial charge in [-0.2, -0.15) is 0 Å². The molecule has 0 aliphatic carbocycles. The lowest BCUT2D eigenvalue weighted by Gasteiger charge is -2.16. The van der Waals surface area contributed by atoms with Gasteiger partial charge in [0.25, 0.3) is 0 Å². The Kier molecular flexibility index (Phi) is 5.09. The van der Waals surface area contributed by atoms with Gasteiger partial charge in [0, 0.05) is 11.6 Å². The van der Waals surface area contributed by atoms with E-state index in [4.69, 9.17) is 5.11 Å². The zero-order valence-corrected chi connectivity index (χ0v) is 12.7. The van der Waals surface area contributed by atoms with Crippen molar-refractivity contribution in [1.29, 1.82) is 0 Å². The van der Waals surface area contributed by atoms with E-state index in [1.807, 2.05) is 44.2 Å². The van der Waals surface area contributed by atoms with Crippen molar-refractivity contribution in [3.8, 4) is 0 Å². The first-order valence-electron chi connectivity index (χ1n) is 7.31. The second-order valence-corrected chi connectivity index (χ2v) is 5.80. The van der Waals surface area contributed by atoms with Crippen molar-refractivity contribution in [2.75, 3.05) is 0 Å². The maximum absolute atomic E-state index is 12.0. The lowest BCUT2D eigenvalue weighted by Crippen LogP contribution is -2.42. The van der Waals surface area contributed by atoms with Gasteiger partial charge in [-0.05, 0) is 30.0 Å². The van der Waals surface area contributed by atoms with Crippen molar-refractivity contribution < 1.29 is 14.7 Å². The molecule has 5 nitrogen and oxygen atoms in total. The minimum Gasteiger partial charge on any atom is -0.480 e. The summed E-state index contributed by atoms with van der Waals surface area (Å²) in [5.41, 5.74) is 1.64. The van der Waals surface area contributed by atoms with Gasteiger partial charge in [-0.3, -0.25) is 9.78 Å². The zero-order valence-electron chi connectivity index (χ0n) is 12.7. The van der Waals surface area contributed by atoms with Crippen LogP contribution in [0.4, 0.5) is 0 Å². The fraction of sp³-hybridized carbons (Fsp3) is 0.353. The highest BCUT2D eigenvalue weighted by Crippen LogP contribution is 2.13. The van der Waals surface area contributed by atoms with E-state index in [0.717, 1.165) is 16.5 Å². The molecule has 0 radical (unpaired) electrons. The van der Waals surface area contributed by atoms with Crippen LogP contribution in [0.2, 0.25) is 0 Å². The highest BCUT2D eigenvalue weighted by molar-refractivity contribution is 5.86. The lowest BCUT2D eigenvalue weighted by atomic mass is 10.0. The van der Waals surface area contributed by atoms with E-state index in [2.05, 4.69) is 10.3 Å². The summed E-state index contributed by atoms with van der Waals surface area (Å²) in [6, 6.07) is 8.72. The van der Waals surface area contributed by atoms with Crippen molar-refractivity contribution in [3.05, 3.63) is 42.1 Å². The first-order chi connectivity index (χ1) is 10.5. The number of hydrogen-bond donors (Lipinski definition) is 2. The molecule has 0 aliphatic rings. The van der Waals surface area contributed by atoms with Gasteiger partial charge in [0.15, 0.2) is 0 Å². The average molecular weight is 300 g/mol. The van der Waals surface area contributed by atoms with Gasteiger partial charge in [0.05, 0.1) is 11.9 Å². The number of benzene rings is 1. The number of aromatic nitrogens is 1. The van der Waals surface area contributed by atoms with Gasteiger partial charge in [-0.15, -0.1) is 0 Å². The number of fused-ring (bicyclic) bond motifs is 1. The normalized spacial score (nSPS) is 12.3. The van der Waals surface area contributed by atoms with Crippen LogP contribution in [0.15, 0.2) is 36.5 Å². The summed E-state index contributed by atoms with van der Waals surface area (Å²) in [4.78, 5) is 27.5. The van der Waals surface area contributed by atoms with Crippen molar-refractivity contribution in [2.24, 2.45) is 5.92 Å². The number of rotatable bonds is 6. The number of para-hydroxylation sites is 1. The third-order valence-electron chi connectivity index (χ3n) is 3.35.